The smallest absolute Gasteiger partial charge is 0.136 e. The van der Waals surface area contributed by atoms with Crippen LogP contribution >= 0.6 is 23.2 Å². The van der Waals surface area contributed by atoms with Gasteiger partial charge in [-0.2, -0.15) is 5.26 Å². The second-order valence-corrected chi connectivity index (χ2v) is 4.62. The van der Waals surface area contributed by atoms with Crippen LogP contribution in [0.2, 0.25) is 10.0 Å². The second-order valence-electron chi connectivity index (χ2n) is 3.74. The van der Waals surface area contributed by atoms with Gasteiger partial charge in [-0.05, 0) is 23.8 Å². The zero-order chi connectivity index (χ0) is 11.1. The van der Waals surface area contributed by atoms with Crippen LogP contribution in [-0.2, 0) is 10.2 Å². The molecule has 1 aliphatic carbocycles. The quantitative estimate of drug-likeness (QED) is 0.756. The zero-order valence-electron chi connectivity index (χ0n) is 7.76. The van der Waals surface area contributed by atoms with E-state index in [0.29, 0.717) is 10.0 Å². The fourth-order valence-electron chi connectivity index (χ4n) is 1.80. The van der Waals surface area contributed by atoms with Crippen molar-refractivity contribution in [1.29, 1.82) is 5.26 Å². The van der Waals surface area contributed by atoms with Gasteiger partial charge in [0.2, 0.25) is 0 Å². The molecule has 15 heavy (non-hydrogen) atoms. The van der Waals surface area contributed by atoms with Crippen molar-refractivity contribution >= 4 is 29.0 Å². The summed E-state index contributed by atoms with van der Waals surface area (Å²) in [5.74, 6) is 0.104. The lowest BCUT2D eigenvalue weighted by atomic mass is 9.65. The van der Waals surface area contributed by atoms with Crippen molar-refractivity contribution in [1.82, 2.24) is 0 Å². The van der Waals surface area contributed by atoms with Crippen LogP contribution in [0.5, 0.6) is 0 Å². The summed E-state index contributed by atoms with van der Waals surface area (Å²) >= 11 is 11.7. The van der Waals surface area contributed by atoms with Crippen LogP contribution in [0.3, 0.4) is 0 Å². The van der Waals surface area contributed by atoms with E-state index < -0.39 is 5.41 Å². The number of ketones is 1. The number of carbonyl (C=O) groups excluding carboxylic acids is 1. The predicted molar refractivity (Wildman–Crippen MR) is 58.0 cm³/mol. The number of nitriles is 1. The van der Waals surface area contributed by atoms with Crippen LogP contribution in [0.25, 0.3) is 0 Å². The summed E-state index contributed by atoms with van der Waals surface area (Å²) in [6, 6.07) is 7.18. The number of carbonyl (C=O) groups is 1. The van der Waals surface area contributed by atoms with Gasteiger partial charge in [0.15, 0.2) is 0 Å². The average molecular weight is 240 g/mol. The molecule has 0 unspecified atom stereocenters. The third-order valence-corrected chi connectivity index (χ3v) is 3.06. The number of hydrogen-bond donors (Lipinski definition) is 0. The molecule has 4 heteroatoms. The Balaban J connectivity index is 2.45. The van der Waals surface area contributed by atoms with E-state index in [2.05, 4.69) is 6.07 Å². The minimum absolute atomic E-state index is 0.104. The van der Waals surface area contributed by atoms with Gasteiger partial charge in [-0.15, -0.1) is 0 Å². The maximum atomic E-state index is 11.0. The number of rotatable bonds is 1. The fourth-order valence-corrected chi connectivity index (χ4v) is 2.33. The Bertz CT molecular complexity index is 448. The van der Waals surface area contributed by atoms with Crippen molar-refractivity contribution in [2.24, 2.45) is 0 Å². The Kier molecular flexibility index (Phi) is 2.46. The third-order valence-electron chi connectivity index (χ3n) is 2.63. The van der Waals surface area contributed by atoms with Gasteiger partial charge in [0, 0.05) is 22.9 Å². The Hall–Kier alpha value is -1.04. The molecule has 1 saturated carbocycles. The van der Waals surface area contributed by atoms with E-state index >= 15 is 0 Å². The Morgan fingerprint density at radius 2 is 1.73 bits per heavy atom. The van der Waals surface area contributed by atoms with Gasteiger partial charge >= 0.3 is 0 Å². The van der Waals surface area contributed by atoms with E-state index in [0.717, 1.165) is 5.56 Å². The number of benzene rings is 1. The normalized spacial score (nSPS) is 18.1. The van der Waals surface area contributed by atoms with Gasteiger partial charge in [0.25, 0.3) is 0 Å². The largest absolute Gasteiger partial charge is 0.300 e. The molecule has 1 aromatic carbocycles. The third kappa shape index (κ3) is 1.73. The van der Waals surface area contributed by atoms with Crippen LogP contribution in [0.4, 0.5) is 0 Å². The topological polar surface area (TPSA) is 40.9 Å². The lowest BCUT2D eigenvalue weighted by Crippen LogP contribution is -2.40. The zero-order valence-corrected chi connectivity index (χ0v) is 9.27. The molecule has 0 spiro atoms. The van der Waals surface area contributed by atoms with E-state index in [1.807, 2.05) is 0 Å². The molecule has 0 aliphatic heterocycles. The van der Waals surface area contributed by atoms with Crippen LogP contribution in [0, 0.1) is 11.3 Å². The Morgan fingerprint density at radius 1 is 1.20 bits per heavy atom. The molecule has 1 aliphatic rings. The van der Waals surface area contributed by atoms with Crippen molar-refractivity contribution in [3.05, 3.63) is 33.8 Å². The lowest BCUT2D eigenvalue weighted by Gasteiger charge is -2.34. The van der Waals surface area contributed by atoms with Crippen LogP contribution in [0.1, 0.15) is 18.4 Å². The Morgan fingerprint density at radius 3 is 2.13 bits per heavy atom. The summed E-state index contributed by atoms with van der Waals surface area (Å²) in [5, 5.41) is 10.1. The van der Waals surface area contributed by atoms with Crippen molar-refractivity contribution in [3.63, 3.8) is 0 Å². The predicted octanol–water partition coefficient (Wildman–Crippen LogP) is 3.12. The van der Waals surface area contributed by atoms with E-state index in [9.17, 15) is 4.79 Å². The maximum absolute atomic E-state index is 11.0. The highest BCUT2D eigenvalue weighted by atomic mass is 35.5. The van der Waals surface area contributed by atoms with E-state index in [1.54, 1.807) is 18.2 Å². The number of halogens is 2. The SMILES string of the molecule is N#CC1(c2cc(Cl)cc(Cl)c2)CC(=O)C1. The van der Waals surface area contributed by atoms with Gasteiger partial charge in [0.1, 0.15) is 5.78 Å². The first-order valence-corrected chi connectivity index (χ1v) is 5.21. The highest BCUT2D eigenvalue weighted by Gasteiger charge is 2.45. The summed E-state index contributed by atoms with van der Waals surface area (Å²) in [5.41, 5.74) is 0.0353. The van der Waals surface area contributed by atoms with Crippen LogP contribution in [0.15, 0.2) is 18.2 Å². The summed E-state index contributed by atoms with van der Waals surface area (Å²) in [7, 11) is 0. The summed E-state index contributed by atoms with van der Waals surface area (Å²) in [6.07, 6.45) is 0.528. The molecular weight excluding hydrogens is 233 g/mol. The highest BCUT2D eigenvalue weighted by Crippen LogP contribution is 2.42. The van der Waals surface area contributed by atoms with Gasteiger partial charge in [-0.3, -0.25) is 4.79 Å². The fraction of sp³-hybridized carbons (Fsp3) is 0.273. The molecule has 0 N–H and O–H groups in total. The van der Waals surface area contributed by atoms with Gasteiger partial charge in [0.05, 0.1) is 11.5 Å². The molecule has 76 valence electrons. The first kappa shape index (κ1) is 10.5. The molecule has 2 nitrogen and oxygen atoms in total. The van der Waals surface area contributed by atoms with Crippen molar-refractivity contribution in [2.75, 3.05) is 0 Å². The molecule has 0 saturated heterocycles. The van der Waals surface area contributed by atoms with Crippen LogP contribution < -0.4 is 0 Å². The summed E-state index contributed by atoms with van der Waals surface area (Å²) in [4.78, 5) is 11.0. The number of hydrogen-bond acceptors (Lipinski definition) is 2. The molecular formula is C11H7Cl2NO. The molecule has 0 amide bonds. The monoisotopic (exact) mass is 239 g/mol. The Labute approximate surface area is 97.4 Å². The average Bonchev–Trinajstić information content (AvgIpc) is 2.10. The van der Waals surface area contributed by atoms with E-state index in [1.165, 1.54) is 0 Å². The molecule has 0 bridgehead atoms. The minimum Gasteiger partial charge on any atom is -0.300 e. The maximum Gasteiger partial charge on any atom is 0.136 e. The van der Waals surface area contributed by atoms with Crippen molar-refractivity contribution in [3.8, 4) is 6.07 Å². The highest BCUT2D eigenvalue weighted by molar-refractivity contribution is 6.34. The standard InChI is InChI=1S/C11H7Cl2NO/c12-8-1-7(2-9(13)3-8)11(6-14)4-10(15)5-11/h1-3H,4-5H2. The van der Waals surface area contributed by atoms with E-state index in [4.69, 9.17) is 28.5 Å². The summed E-state index contributed by atoms with van der Waals surface area (Å²) in [6.45, 7) is 0. The molecule has 0 aromatic heterocycles. The molecule has 1 aromatic rings. The van der Waals surface area contributed by atoms with Crippen molar-refractivity contribution in [2.45, 2.75) is 18.3 Å². The molecule has 0 atom stereocenters. The molecule has 0 heterocycles. The van der Waals surface area contributed by atoms with Gasteiger partial charge < -0.3 is 0 Å². The van der Waals surface area contributed by atoms with Gasteiger partial charge in [-0.25, -0.2) is 0 Å². The lowest BCUT2D eigenvalue weighted by molar-refractivity contribution is -0.126. The van der Waals surface area contributed by atoms with Gasteiger partial charge in [-0.1, -0.05) is 23.2 Å². The second kappa shape index (κ2) is 3.52. The number of Topliss-reactive ketones (excluding diaryl/α,β-unsaturated/α-hetero) is 1. The molecule has 0 radical (unpaired) electrons. The first-order chi connectivity index (χ1) is 7.05. The first-order valence-electron chi connectivity index (χ1n) is 4.45. The summed E-state index contributed by atoms with van der Waals surface area (Å²) < 4.78 is 0. The van der Waals surface area contributed by atoms with E-state index in [-0.39, 0.29) is 18.6 Å². The minimum atomic E-state index is -0.703. The molecule has 1 fully saturated rings. The number of nitrogens with zero attached hydrogens (tertiary/aromatic N) is 1. The van der Waals surface area contributed by atoms with Crippen LogP contribution in [-0.4, -0.2) is 5.78 Å². The molecule has 2 rings (SSSR count). The van der Waals surface area contributed by atoms with Crippen molar-refractivity contribution < 1.29 is 4.79 Å².